The normalized spacial score (nSPS) is 12.0. The van der Waals surface area contributed by atoms with Crippen LogP contribution in [0.25, 0.3) is 0 Å². The number of aryl methyl sites for hydroxylation is 2. The van der Waals surface area contributed by atoms with Gasteiger partial charge >= 0.3 is 5.97 Å². The Kier molecular flexibility index (Phi) is 7.23. The fraction of sp³-hybridized carbons (Fsp3) is 0.588. The largest absolute Gasteiger partial charge is 0.494 e. The van der Waals surface area contributed by atoms with E-state index in [0.717, 1.165) is 17.7 Å². The zero-order valence-corrected chi connectivity index (χ0v) is 13.8. The average molecular weight is 293 g/mol. The summed E-state index contributed by atoms with van der Waals surface area (Å²) in [6.07, 6.45) is 1.18. The van der Waals surface area contributed by atoms with Gasteiger partial charge in [-0.3, -0.25) is 4.79 Å². The molecule has 0 spiro atoms. The Morgan fingerprint density at radius 3 is 2.48 bits per heavy atom. The number of nitrogens with one attached hydrogen (secondary N) is 1. The molecule has 118 valence electrons. The van der Waals surface area contributed by atoms with Crippen molar-refractivity contribution in [3.63, 3.8) is 0 Å². The van der Waals surface area contributed by atoms with Crippen LogP contribution in [0.4, 0.5) is 0 Å². The molecule has 0 aliphatic carbocycles. The maximum Gasteiger partial charge on any atom is 0.307 e. The Labute approximate surface area is 127 Å². The molecule has 0 saturated heterocycles. The first-order valence-electron chi connectivity index (χ1n) is 7.57. The van der Waals surface area contributed by atoms with Crippen LogP contribution in [0.3, 0.4) is 0 Å². The van der Waals surface area contributed by atoms with E-state index in [0.29, 0.717) is 19.6 Å². The number of likely N-dealkylation sites (N-methyl/N-ethyl adjacent to an activating group) is 1. The number of ether oxygens (including phenoxy) is 2. The van der Waals surface area contributed by atoms with Crippen LogP contribution < -0.4 is 10.1 Å². The van der Waals surface area contributed by atoms with Crippen LogP contribution in [0.5, 0.6) is 5.75 Å². The SMILES string of the molecule is CCOC(=O)CC(Cc1cc(C)c(OCC)cc1C)NC. The molecule has 21 heavy (non-hydrogen) atoms. The Morgan fingerprint density at radius 1 is 1.19 bits per heavy atom. The van der Waals surface area contributed by atoms with Crippen molar-refractivity contribution in [2.75, 3.05) is 20.3 Å². The Hall–Kier alpha value is -1.55. The highest BCUT2D eigenvalue weighted by Gasteiger charge is 2.15. The molecule has 0 aromatic heterocycles. The van der Waals surface area contributed by atoms with Crippen molar-refractivity contribution >= 4 is 5.97 Å². The number of carbonyl (C=O) groups is 1. The predicted octanol–water partition coefficient (Wildman–Crippen LogP) is 2.79. The van der Waals surface area contributed by atoms with Gasteiger partial charge in [-0.25, -0.2) is 0 Å². The van der Waals surface area contributed by atoms with Crippen molar-refractivity contribution in [2.45, 2.75) is 46.6 Å². The lowest BCUT2D eigenvalue weighted by Crippen LogP contribution is -2.31. The van der Waals surface area contributed by atoms with Gasteiger partial charge in [0.2, 0.25) is 0 Å². The van der Waals surface area contributed by atoms with Gasteiger partial charge in [0, 0.05) is 6.04 Å². The van der Waals surface area contributed by atoms with E-state index in [1.54, 1.807) is 0 Å². The van der Waals surface area contributed by atoms with E-state index in [2.05, 4.69) is 24.4 Å². The molecule has 0 bridgehead atoms. The highest BCUT2D eigenvalue weighted by Crippen LogP contribution is 2.24. The van der Waals surface area contributed by atoms with E-state index in [9.17, 15) is 4.79 Å². The first kappa shape index (κ1) is 17.5. The van der Waals surface area contributed by atoms with Gasteiger partial charge in [0.1, 0.15) is 5.75 Å². The smallest absolute Gasteiger partial charge is 0.307 e. The molecule has 1 unspecified atom stereocenters. The molecule has 0 aliphatic heterocycles. The zero-order valence-electron chi connectivity index (χ0n) is 13.8. The molecular weight excluding hydrogens is 266 g/mol. The Balaban J connectivity index is 2.80. The number of benzene rings is 1. The molecule has 1 atom stereocenters. The van der Waals surface area contributed by atoms with Gasteiger partial charge in [0.05, 0.1) is 19.6 Å². The molecule has 1 N–H and O–H groups in total. The van der Waals surface area contributed by atoms with Crippen molar-refractivity contribution in [3.05, 3.63) is 28.8 Å². The molecule has 4 nitrogen and oxygen atoms in total. The van der Waals surface area contributed by atoms with Crippen LogP contribution in [0.1, 0.15) is 37.0 Å². The molecule has 1 aromatic rings. The van der Waals surface area contributed by atoms with E-state index in [-0.39, 0.29) is 12.0 Å². The highest BCUT2D eigenvalue weighted by atomic mass is 16.5. The van der Waals surface area contributed by atoms with E-state index in [4.69, 9.17) is 9.47 Å². The lowest BCUT2D eigenvalue weighted by atomic mass is 9.97. The van der Waals surface area contributed by atoms with Gasteiger partial charge in [-0.1, -0.05) is 6.07 Å². The molecule has 1 aromatic carbocycles. The summed E-state index contributed by atoms with van der Waals surface area (Å²) >= 11 is 0. The van der Waals surface area contributed by atoms with Gasteiger partial charge in [-0.15, -0.1) is 0 Å². The van der Waals surface area contributed by atoms with Crippen LogP contribution in [-0.4, -0.2) is 32.3 Å². The molecule has 0 aliphatic rings. The summed E-state index contributed by atoms with van der Waals surface area (Å²) < 4.78 is 10.6. The third kappa shape index (κ3) is 5.38. The Bertz CT molecular complexity index is 471. The summed E-state index contributed by atoms with van der Waals surface area (Å²) in [5.41, 5.74) is 3.55. The minimum absolute atomic E-state index is 0.0834. The second-order valence-corrected chi connectivity index (χ2v) is 5.18. The van der Waals surface area contributed by atoms with Crippen LogP contribution in [-0.2, 0) is 16.0 Å². The third-order valence-corrected chi connectivity index (χ3v) is 3.53. The number of hydrogen-bond donors (Lipinski definition) is 1. The minimum atomic E-state index is -0.155. The fourth-order valence-electron chi connectivity index (χ4n) is 2.34. The van der Waals surface area contributed by atoms with Crippen molar-refractivity contribution in [3.8, 4) is 5.75 Å². The van der Waals surface area contributed by atoms with Crippen molar-refractivity contribution in [1.29, 1.82) is 0 Å². The summed E-state index contributed by atoms with van der Waals surface area (Å²) in [7, 11) is 1.88. The van der Waals surface area contributed by atoms with Crippen LogP contribution in [0, 0.1) is 13.8 Å². The standard InChI is InChI=1S/C17H27NO3/c1-6-20-16-9-12(3)14(8-13(16)4)10-15(18-5)11-17(19)21-7-2/h8-9,15,18H,6-7,10-11H2,1-5H3. The Morgan fingerprint density at radius 2 is 1.90 bits per heavy atom. The summed E-state index contributed by atoms with van der Waals surface area (Å²) in [5.74, 6) is 0.780. The van der Waals surface area contributed by atoms with Crippen LogP contribution >= 0.6 is 0 Å². The molecule has 1 rings (SSSR count). The highest BCUT2D eigenvalue weighted by molar-refractivity contribution is 5.70. The molecule has 0 saturated carbocycles. The first-order chi connectivity index (χ1) is 10.0. The van der Waals surface area contributed by atoms with Gasteiger partial charge in [-0.05, 0) is 63.9 Å². The molecule has 0 amide bonds. The number of esters is 1. The average Bonchev–Trinajstić information content (AvgIpc) is 2.43. The van der Waals surface area contributed by atoms with Gasteiger partial charge in [0.15, 0.2) is 0 Å². The molecular formula is C17H27NO3. The lowest BCUT2D eigenvalue weighted by molar-refractivity contribution is -0.143. The van der Waals surface area contributed by atoms with Crippen molar-refractivity contribution in [1.82, 2.24) is 5.32 Å². The molecule has 0 fully saturated rings. The maximum atomic E-state index is 11.6. The van der Waals surface area contributed by atoms with Gasteiger partial charge < -0.3 is 14.8 Å². The summed E-state index contributed by atoms with van der Waals surface area (Å²) in [6, 6.07) is 4.31. The van der Waals surface area contributed by atoms with Gasteiger partial charge in [-0.2, -0.15) is 0 Å². The second kappa shape index (κ2) is 8.67. The monoisotopic (exact) mass is 293 g/mol. The quantitative estimate of drug-likeness (QED) is 0.749. The third-order valence-electron chi connectivity index (χ3n) is 3.53. The van der Waals surface area contributed by atoms with Crippen molar-refractivity contribution < 1.29 is 14.3 Å². The molecule has 0 heterocycles. The summed E-state index contributed by atoms with van der Waals surface area (Å²) in [6.45, 7) is 9.03. The van der Waals surface area contributed by atoms with E-state index < -0.39 is 0 Å². The number of hydrogen-bond acceptors (Lipinski definition) is 4. The van der Waals surface area contributed by atoms with Crippen LogP contribution in [0.2, 0.25) is 0 Å². The minimum Gasteiger partial charge on any atom is -0.494 e. The zero-order chi connectivity index (χ0) is 15.8. The van der Waals surface area contributed by atoms with Crippen LogP contribution in [0.15, 0.2) is 12.1 Å². The van der Waals surface area contributed by atoms with Crippen molar-refractivity contribution in [2.24, 2.45) is 0 Å². The van der Waals surface area contributed by atoms with E-state index in [1.807, 2.05) is 27.8 Å². The predicted molar refractivity (Wildman–Crippen MR) is 84.9 cm³/mol. The molecule has 4 heteroatoms. The first-order valence-corrected chi connectivity index (χ1v) is 7.57. The van der Waals surface area contributed by atoms with E-state index in [1.165, 1.54) is 11.1 Å². The van der Waals surface area contributed by atoms with E-state index >= 15 is 0 Å². The molecule has 0 radical (unpaired) electrons. The number of carbonyl (C=O) groups excluding carboxylic acids is 1. The fourth-order valence-corrected chi connectivity index (χ4v) is 2.34. The lowest BCUT2D eigenvalue weighted by Gasteiger charge is -2.18. The topological polar surface area (TPSA) is 47.6 Å². The number of rotatable bonds is 8. The maximum absolute atomic E-state index is 11.6. The van der Waals surface area contributed by atoms with Gasteiger partial charge in [0.25, 0.3) is 0 Å². The summed E-state index contributed by atoms with van der Waals surface area (Å²) in [4.78, 5) is 11.6. The second-order valence-electron chi connectivity index (χ2n) is 5.18. The summed E-state index contributed by atoms with van der Waals surface area (Å²) in [5, 5.41) is 3.19.